The molecule has 7 nitrogen and oxygen atoms in total. The van der Waals surface area contributed by atoms with Gasteiger partial charge in [-0.05, 0) is 74.6 Å². The normalized spacial score (nSPS) is 14.4. The van der Waals surface area contributed by atoms with Gasteiger partial charge in [0.25, 0.3) is 10.0 Å². The molecule has 0 radical (unpaired) electrons. The van der Waals surface area contributed by atoms with Gasteiger partial charge in [0.15, 0.2) is 0 Å². The zero-order valence-corrected chi connectivity index (χ0v) is 25.2. The first kappa shape index (κ1) is 30.6. The number of carbonyl (C=O) groups is 2. The second-order valence-electron chi connectivity index (χ2n) is 10.5. The number of halogens is 1. The average Bonchev–Trinajstić information content (AvgIpc) is 3.48. The molecule has 4 rings (SSSR count). The van der Waals surface area contributed by atoms with Crippen molar-refractivity contribution in [3.63, 3.8) is 0 Å². The summed E-state index contributed by atoms with van der Waals surface area (Å²) in [4.78, 5) is 29.2. The Morgan fingerprint density at radius 3 is 2.20 bits per heavy atom. The van der Waals surface area contributed by atoms with Crippen LogP contribution in [0.1, 0.15) is 50.2 Å². The molecule has 3 aromatic rings. The Morgan fingerprint density at radius 1 is 0.951 bits per heavy atom. The van der Waals surface area contributed by atoms with Crippen molar-refractivity contribution in [3.8, 4) is 0 Å². The molecule has 218 valence electrons. The van der Waals surface area contributed by atoms with Crippen LogP contribution in [0.25, 0.3) is 0 Å². The molecule has 41 heavy (non-hydrogen) atoms. The van der Waals surface area contributed by atoms with E-state index >= 15 is 0 Å². The maximum Gasteiger partial charge on any atom is 0.264 e. The molecular formula is C32H38ClN3O4S. The fourth-order valence-corrected chi connectivity index (χ4v) is 6.78. The van der Waals surface area contributed by atoms with Gasteiger partial charge in [-0.15, -0.1) is 0 Å². The number of nitrogens with zero attached hydrogens (tertiary/aromatic N) is 2. The van der Waals surface area contributed by atoms with Gasteiger partial charge in [0.05, 0.1) is 10.6 Å². The van der Waals surface area contributed by atoms with Crippen LogP contribution in [0.2, 0.25) is 5.02 Å². The fraction of sp³-hybridized carbons (Fsp3) is 0.375. The van der Waals surface area contributed by atoms with Crippen molar-refractivity contribution in [1.29, 1.82) is 0 Å². The predicted octanol–water partition coefficient (Wildman–Crippen LogP) is 5.75. The first-order chi connectivity index (χ1) is 19.7. The Morgan fingerprint density at radius 2 is 1.59 bits per heavy atom. The first-order valence-corrected chi connectivity index (χ1v) is 16.0. The number of hydrogen-bond donors (Lipinski definition) is 1. The van der Waals surface area contributed by atoms with Crippen LogP contribution >= 0.6 is 11.6 Å². The molecule has 0 unspecified atom stereocenters. The zero-order chi connectivity index (χ0) is 29.4. The highest BCUT2D eigenvalue weighted by atomic mass is 35.5. The van der Waals surface area contributed by atoms with Crippen LogP contribution in [0.5, 0.6) is 0 Å². The number of benzene rings is 3. The lowest BCUT2D eigenvalue weighted by Gasteiger charge is -2.33. The third-order valence-electron chi connectivity index (χ3n) is 7.57. The topological polar surface area (TPSA) is 86.8 Å². The molecule has 0 aliphatic heterocycles. The van der Waals surface area contributed by atoms with Crippen LogP contribution in [-0.4, -0.2) is 50.3 Å². The van der Waals surface area contributed by atoms with Gasteiger partial charge in [-0.3, -0.25) is 13.9 Å². The quantitative estimate of drug-likeness (QED) is 0.289. The molecule has 1 fully saturated rings. The number of anilines is 1. The van der Waals surface area contributed by atoms with E-state index < -0.39 is 28.5 Å². The molecule has 0 heterocycles. The summed E-state index contributed by atoms with van der Waals surface area (Å²) in [5.74, 6) is -0.639. The lowest BCUT2D eigenvalue weighted by Crippen LogP contribution is -2.54. The van der Waals surface area contributed by atoms with Crippen molar-refractivity contribution in [2.75, 3.05) is 17.4 Å². The number of hydrogen-bond acceptors (Lipinski definition) is 4. The van der Waals surface area contributed by atoms with Gasteiger partial charge in [-0.1, -0.05) is 79.4 Å². The second-order valence-corrected chi connectivity index (χ2v) is 12.8. The Balaban J connectivity index is 1.66. The van der Waals surface area contributed by atoms with Gasteiger partial charge < -0.3 is 10.2 Å². The van der Waals surface area contributed by atoms with Gasteiger partial charge >= 0.3 is 0 Å². The summed E-state index contributed by atoms with van der Waals surface area (Å²) in [7, 11) is -4.11. The Bertz CT molecular complexity index is 1410. The van der Waals surface area contributed by atoms with E-state index in [-0.39, 0.29) is 23.4 Å². The van der Waals surface area contributed by atoms with E-state index in [1.165, 1.54) is 12.1 Å². The predicted molar refractivity (Wildman–Crippen MR) is 163 cm³/mol. The number of rotatable bonds is 12. The van der Waals surface area contributed by atoms with E-state index in [1.54, 1.807) is 41.3 Å². The maximum absolute atomic E-state index is 14.1. The zero-order valence-electron chi connectivity index (χ0n) is 23.6. The maximum atomic E-state index is 14.1. The third kappa shape index (κ3) is 7.89. The van der Waals surface area contributed by atoms with E-state index in [0.717, 1.165) is 41.1 Å². The third-order valence-corrected chi connectivity index (χ3v) is 9.61. The standard InChI is InChI=1S/C32H38ClN3O4S/c1-3-30(32(38)34-27-11-7-8-12-27)35(22-21-25-9-5-4-6-10-25)31(37)23-36(28-17-15-26(33)16-18-28)41(39,40)29-19-13-24(2)14-20-29/h4-6,9-10,13-20,27,30H,3,7-8,11-12,21-23H2,1-2H3,(H,34,38)/t30-/m1/s1. The van der Waals surface area contributed by atoms with Crippen LogP contribution in [0.4, 0.5) is 5.69 Å². The van der Waals surface area contributed by atoms with Crippen molar-refractivity contribution < 1.29 is 18.0 Å². The first-order valence-electron chi connectivity index (χ1n) is 14.2. The minimum absolute atomic E-state index is 0.0766. The van der Waals surface area contributed by atoms with Crippen molar-refractivity contribution in [1.82, 2.24) is 10.2 Å². The molecule has 0 aromatic heterocycles. The number of sulfonamides is 1. The summed E-state index contributed by atoms with van der Waals surface area (Å²) < 4.78 is 28.9. The summed E-state index contributed by atoms with van der Waals surface area (Å²) in [5, 5.41) is 3.59. The Labute approximate surface area is 248 Å². The Hall–Kier alpha value is -3.36. The lowest BCUT2D eigenvalue weighted by molar-refractivity contribution is -0.139. The number of carbonyl (C=O) groups excluding carboxylic acids is 2. The molecule has 2 amide bonds. The minimum Gasteiger partial charge on any atom is -0.352 e. The summed E-state index contributed by atoms with van der Waals surface area (Å²) in [6.45, 7) is 3.57. The molecule has 9 heteroatoms. The van der Waals surface area contributed by atoms with Gasteiger partial charge in [-0.25, -0.2) is 8.42 Å². The van der Waals surface area contributed by atoms with Crippen LogP contribution in [-0.2, 0) is 26.0 Å². The summed E-state index contributed by atoms with van der Waals surface area (Å²) >= 11 is 6.10. The molecule has 3 aromatic carbocycles. The van der Waals surface area contributed by atoms with E-state index in [9.17, 15) is 18.0 Å². The number of amides is 2. The van der Waals surface area contributed by atoms with Crippen LogP contribution in [0.3, 0.4) is 0 Å². The van der Waals surface area contributed by atoms with E-state index in [1.807, 2.05) is 44.2 Å². The van der Waals surface area contributed by atoms with Crippen LogP contribution in [0.15, 0.2) is 83.8 Å². The summed E-state index contributed by atoms with van der Waals surface area (Å²) in [5.41, 5.74) is 2.26. The summed E-state index contributed by atoms with van der Waals surface area (Å²) in [6.07, 6.45) is 4.95. The second kappa shape index (κ2) is 14.0. The van der Waals surface area contributed by atoms with Crippen molar-refractivity contribution in [2.45, 2.75) is 69.4 Å². The molecule has 0 saturated heterocycles. The minimum atomic E-state index is -4.11. The monoisotopic (exact) mass is 595 g/mol. The SMILES string of the molecule is CC[C@H](C(=O)NC1CCCC1)N(CCc1ccccc1)C(=O)CN(c1ccc(Cl)cc1)S(=O)(=O)c1ccc(C)cc1. The largest absolute Gasteiger partial charge is 0.352 e. The van der Waals surface area contributed by atoms with Crippen molar-refractivity contribution in [3.05, 3.63) is 95.0 Å². The van der Waals surface area contributed by atoms with Gasteiger partial charge in [0, 0.05) is 17.6 Å². The summed E-state index contributed by atoms with van der Waals surface area (Å²) in [6, 6.07) is 22.0. The molecule has 0 spiro atoms. The molecule has 1 atom stereocenters. The molecule has 0 bridgehead atoms. The number of nitrogens with one attached hydrogen (secondary N) is 1. The van der Waals surface area contributed by atoms with Crippen molar-refractivity contribution >= 4 is 39.1 Å². The Kier molecular flexibility index (Phi) is 10.5. The average molecular weight is 596 g/mol. The molecule has 1 aliphatic rings. The van der Waals surface area contributed by atoms with E-state index in [0.29, 0.717) is 23.6 Å². The van der Waals surface area contributed by atoms with Gasteiger partial charge in [0.1, 0.15) is 12.6 Å². The van der Waals surface area contributed by atoms with E-state index in [2.05, 4.69) is 5.32 Å². The lowest BCUT2D eigenvalue weighted by atomic mass is 10.1. The highest BCUT2D eigenvalue weighted by Gasteiger charge is 2.34. The van der Waals surface area contributed by atoms with Crippen LogP contribution < -0.4 is 9.62 Å². The van der Waals surface area contributed by atoms with Crippen molar-refractivity contribution in [2.24, 2.45) is 0 Å². The molecule has 1 N–H and O–H groups in total. The molecule has 1 saturated carbocycles. The van der Waals surface area contributed by atoms with Gasteiger partial charge in [0.2, 0.25) is 11.8 Å². The highest BCUT2D eigenvalue weighted by Crippen LogP contribution is 2.26. The fourth-order valence-electron chi connectivity index (χ4n) is 5.24. The number of aryl methyl sites for hydroxylation is 1. The highest BCUT2D eigenvalue weighted by molar-refractivity contribution is 7.92. The molecular weight excluding hydrogens is 558 g/mol. The van der Waals surface area contributed by atoms with Crippen LogP contribution in [0, 0.1) is 6.92 Å². The van der Waals surface area contributed by atoms with Gasteiger partial charge in [-0.2, -0.15) is 0 Å². The van der Waals surface area contributed by atoms with E-state index in [4.69, 9.17) is 11.6 Å². The smallest absolute Gasteiger partial charge is 0.264 e. The molecule has 1 aliphatic carbocycles.